The van der Waals surface area contributed by atoms with Gasteiger partial charge in [-0.2, -0.15) is 0 Å². The van der Waals surface area contributed by atoms with Gasteiger partial charge in [0.25, 0.3) is 0 Å². The van der Waals surface area contributed by atoms with Gasteiger partial charge in [0.05, 0.1) is 5.56 Å². The molecule has 22 heavy (non-hydrogen) atoms. The number of fused-ring (bicyclic) bond motifs is 5. The highest BCUT2D eigenvalue weighted by Gasteiger charge is 2.14. The Morgan fingerprint density at radius 1 is 0.727 bits per heavy atom. The van der Waals surface area contributed by atoms with Crippen molar-refractivity contribution < 1.29 is 9.90 Å². The summed E-state index contributed by atoms with van der Waals surface area (Å²) in [4.78, 5) is 11.6. The van der Waals surface area contributed by atoms with Gasteiger partial charge in [0.1, 0.15) is 0 Å². The van der Waals surface area contributed by atoms with Crippen LogP contribution < -0.4 is 5.73 Å². The molecule has 3 nitrogen and oxygen atoms in total. The van der Waals surface area contributed by atoms with Gasteiger partial charge in [-0.3, -0.25) is 0 Å². The Labute approximate surface area is 126 Å². The lowest BCUT2D eigenvalue weighted by molar-refractivity contribution is 0.0699. The topological polar surface area (TPSA) is 63.3 Å². The number of anilines is 1. The fourth-order valence-corrected chi connectivity index (χ4v) is 3.16. The van der Waals surface area contributed by atoms with Gasteiger partial charge in [-0.25, -0.2) is 4.79 Å². The fourth-order valence-electron chi connectivity index (χ4n) is 3.16. The van der Waals surface area contributed by atoms with Crippen LogP contribution in [0.1, 0.15) is 10.4 Å². The molecule has 4 aromatic carbocycles. The molecule has 0 bridgehead atoms. The van der Waals surface area contributed by atoms with Crippen LogP contribution in [-0.4, -0.2) is 11.1 Å². The number of aromatic carboxylic acids is 1. The number of carboxylic acid groups (broad SMARTS) is 1. The summed E-state index contributed by atoms with van der Waals surface area (Å²) in [6, 6.07) is 19.0. The minimum Gasteiger partial charge on any atom is -0.478 e. The first-order valence-electron chi connectivity index (χ1n) is 7.03. The number of carbonyl (C=O) groups is 1. The van der Waals surface area contributed by atoms with Crippen molar-refractivity contribution >= 4 is 44.0 Å². The number of carboxylic acids is 1. The molecule has 106 valence electrons. The van der Waals surface area contributed by atoms with E-state index >= 15 is 0 Å². The summed E-state index contributed by atoms with van der Waals surface area (Å²) < 4.78 is 0. The average Bonchev–Trinajstić information content (AvgIpc) is 2.54. The first kappa shape index (κ1) is 12.7. The molecule has 0 spiro atoms. The summed E-state index contributed by atoms with van der Waals surface area (Å²) in [5, 5.41) is 15.0. The van der Waals surface area contributed by atoms with Crippen LogP contribution in [0.4, 0.5) is 5.69 Å². The van der Waals surface area contributed by atoms with E-state index in [1.54, 1.807) is 6.07 Å². The number of hydrogen-bond acceptors (Lipinski definition) is 2. The van der Waals surface area contributed by atoms with E-state index in [0.717, 1.165) is 32.3 Å². The van der Waals surface area contributed by atoms with Crippen molar-refractivity contribution in [1.82, 2.24) is 0 Å². The van der Waals surface area contributed by atoms with Crippen molar-refractivity contribution in [2.45, 2.75) is 0 Å². The van der Waals surface area contributed by atoms with Crippen molar-refractivity contribution in [1.29, 1.82) is 0 Å². The molecule has 3 N–H and O–H groups in total. The Morgan fingerprint density at radius 3 is 1.86 bits per heavy atom. The number of benzene rings is 4. The zero-order chi connectivity index (χ0) is 15.3. The van der Waals surface area contributed by atoms with Gasteiger partial charge in [0.2, 0.25) is 0 Å². The van der Waals surface area contributed by atoms with Gasteiger partial charge in [0, 0.05) is 11.1 Å². The van der Waals surface area contributed by atoms with Crippen LogP contribution in [-0.2, 0) is 0 Å². The third-order valence-electron chi connectivity index (χ3n) is 4.14. The predicted octanol–water partition coefficient (Wildman–Crippen LogP) is 4.43. The molecule has 0 fully saturated rings. The first-order chi connectivity index (χ1) is 10.7. The summed E-state index contributed by atoms with van der Waals surface area (Å²) in [6.45, 7) is 0. The van der Waals surface area contributed by atoms with Crippen LogP contribution in [0.25, 0.3) is 32.3 Å². The standard InChI is InChI=1S/C19H13NO2/c20-18-10-16-11-5-1-2-6-12(11)17(19(21)22)9-15(16)13-7-3-4-8-14(13)18/h1-10H,20H2,(H,21,22). The van der Waals surface area contributed by atoms with E-state index in [2.05, 4.69) is 0 Å². The normalized spacial score (nSPS) is 11.3. The molecule has 0 radical (unpaired) electrons. The van der Waals surface area contributed by atoms with Crippen molar-refractivity contribution in [3.05, 3.63) is 66.2 Å². The van der Waals surface area contributed by atoms with E-state index in [1.807, 2.05) is 54.6 Å². The third kappa shape index (κ3) is 1.66. The molecule has 0 aromatic heterocycles. The molecule has 4 rings (SSSR count). The minimum absolute atomic E-state index is 0.318. The predicted molar refractivity (Wildman–Crippen MR) is 90.3 cm³/mol. The van der Waals surface area contributed by atoms with Crippen molar-refractivity contribution in [2.24, 2.45) is 0 Å². The molecule has 0 heterocycles. The van der Waals surface area contributed by atoms with E-state index in [4.69, 9.17) is 5.73 Å². The molecule has 0 aliphatic rings. The molecule has 0 saturated carbocycles. The molecule has 0 aliphatic carbocycles. The van der Waals surface area contributed by atoms with E-state index in [0.29, 0.717) is 11.3 Å². The lowest BCUT2D eigenvalue weighted by atomic mass is 9.93. The Hall–Kier alpha value is -3.07. The first-order valence-corrected chi connectivity index (χ1v) is 7.03. The largest absolute Gasteiger partial charge is 0.478 e. The molecule has 0 saturated heterocycles. The van der Waals surface area contributed by atoms with E-state index < -0.39 is 5.97 Å². The molecular weight excluding hydrogens is 274 g/mol. The number of nitrogen functional groups attached to an aromatic ring is 1. The monoisotopic (exact) mass is 287 g/mol. The summed E-state index contributed by atoms with van der Waals surface area (Å²) in [5.41, 5.74) is 7.22. The second-order valence-electron chi connectivity index (χ2n) is 5.38. The smallest absolute Gasteiger partial charge is 0.336 e. The molecule has 0 unspecified atom stereocenters. The Bertz CT molecular complexity index is 1070. The molecule has 0 atom stereocenters. The van der Waals surface area contributed by atoms with Gasteiger partial charge in [-0.1, -0.05) is 48.5 Å². The van der Waals surface area contributed by atoms with Crippen LogP contribution in [0.5, 0.6) is 0 Å². The van der Waals surface area contributed by atoms with E-state index in [9.17, 15) is 9.90 Å². The Kier molecular flexibility index (Phi) is 2.57. The summed E-state index contributed by atoms with van der Waals surface area (Å²) in [7, 11) is 0. The van der Waals surface area contributed by atoms with Crippen molar-refractivity contribution in [3.63, 3.8) is 0 Å². The summed E-state index contributed by atoms with van der Waals surface area (Å²) in [5.74, 6) is -0.918. The maximum Gasteiger partial charge on any atom is 0.336 e. The number of nitrogens with two attached hydrogens (primary N) is 1. The molecule has 4 aromatic rings. The third-order valence-corrected chi connectivity index (χ3v) is 4.14. The molecular formula is C19H13NO2. The highest BCUT2D eigenvalue weighted by molar-refractivity contribution is 6.23. The summed E-state index contributed by atoms with van der Waals surface area (Å²) >= 11 is 0. The molecule has 0 amide bonds. The van der Waals surface area contributed by atoms with E-state index in [1.165, 1.54) is 0 Å². The van der Waals surface area contributed by atoms with Crippen LogP contribution in [0.2, 0.25) is 0 Å². The number of hydrogen-bond donors (Lipinski definition) is 2. The quantitative estimate of drug-likeness (QED) is 0.402. The molecule has 0 aliphatic heterocycles. The van der Waals surface area contributed by atoms with Crippen LogP contribution in [0.3, 0.4) is 0 Å². The molecule has 3 heteroatoms. The SMILES string of the molecule is Nc1cc2c3ccccc3c(C(=O)O)cc2c2ccccc12. The Morgan fingerprint density at radius 2 is 1.23 bits per heavy atom. The van der Waals surface area contributed by atoms with Gasteiger partial charge in [-0.15, -0.1) is 0 Å². The maximum atomic E-state index is 11.6. The highest BCUT2D eigenvalue weighted by atomic mass is 16.4. The zero-order valence-corrected chi connectivity index (χ0v) is 11.7. The lowest BCUT2D eigenvalue weighted by Gasteiger charge is -2.12. The minimum atomic E-state index is -0.918. The van der Waals surface area contributed by atoms with Gasteiger partial charge >= 0.3 is 5.97 Å². The highest BCUT2D eigenvalue weighted by Crippen LogP contribution is 2.36. The van der Waals surface area contributed by atoms with Crippen molar-refractivity contribution in [3.8, 4) is 0 Å². The van der Waals surface area contributed by atoms with Crippen LogP contribution in [0, 0.1) is 0 Å². The zero-order valence-electron chi connectivity index (χ0n) is 11.7. The second kappa shape index (κ2) is 4.46. The average molecular weight is 287 g/mol. The van der Waals surface area contributed by atoms with E-state index in [-0.39, 0.29) is 0 Å². The summed E-state index contributed by atoms with van der Waals surface area (Å²) in [6.07, 6.45) is 0. The van der Waals surface area contributed by atoms with Gasteiger partial charge in [0.15, 0.2) is 0 Å². The van der Waals surface area contributed by atoms with Gasteiger partial charge < -0.3 is 10.8 Å². The number of rotatable bonds is 1. The second-order valence-corrected chi connectivity index (χ2v) is 5.38. The van der Waals surface area contributed by atoms with Crippen LogP contribution >= 0.6 is 0 Å². The van der Waals surface area contributed by atoms with Crippen LogP contribution in [0.15, 0.2) is 60.7 Å². The Balaban J connectivity index is 2.35. The van der Waals surface area contributed by atoms with Gasteiger partial charge in [-0.05, 0) is 39.1 Å². The lowest BCUT2D eigenvalue weighted by Crippen LogP contribution is -1.99. The fraction of sp³-hybridized carbons (Fsp3) is 0. The maximum absolute atomic E-state index is 11.6. The van der Waals surface area contributed by atoms with Crippen molar-refractivity contribution in [2.75, 3.05) is 5.73 Å².